The lowest BCUT2D eigenvalue weighted by Crippen LogP contribution is -2.13. The Morgan fingerprint density at radius 1 is 0.640 bits per heavy atom. The maximum Gasteiger partial charge on any atom is 0.122 e. The van der Waals surface area contributed by atoms with Crippen LogP contribution in [0.5, 0.6) is 11.5 Å². The lowest BCUT2D eigenvalue weighted by atomic mass is 9.82. The van der Waals surface area contributed by atoms with Crippen LogP contribution in [0.3, 0.4) is 0 Å². The van der Waals surface area contributed by atoms with Crippen LogP contribution in [0.1, 0.15) is 74.9 Å². The van der Waals surface area contributed by atoms with Gasteiger partial charge in [-0.3, -0.25) is 0 Å². The highest BCUT2D eigenvalue weighted by Crippen LogP contribution is 2.37. The SMILES string of the molecule is Cc1cc(Cc2cc(C)c(O)c(C(C)(C)C)c2)cc(C(C)(C)C)c1O. The molecular formula is C23H32O2. The Morgan fingerprint density at radius 3 is 1.24 bits per heavy atom. The highest BCUT2D eigenvalue weighted by atomic mass is 16.3. The molecular weight excluding hydrogens is 308 g/mol. The summed E-state index contributed by atoms with van der Waals surface area (Å²) in [7, 11) is 0. The van der Waals surface area contributed by atoms with Gasteiger partial charge < -0.3 is 10.2 Å². The smallest absolute Gasteiger partial charge is 0.122 e. The molecule has 0 spiro atoms. The number of rotatable bonds is 2. The summed E-state index contributed by atoms with van der Waals surface area (Å²) in [5, 5.41) is 20.8. The van der Waals surface area contributed by atoms with E-state index in [2.05, 4.69) is 65.8 Å². The van der Waals surface area contributed by atoms with Crippen LogP contribution in [-0.4, -0.2) is 10.2 Å². The summed E-state index contributed by atoms with van der Waals surface area (Å²) in [6.07, 6.45) is 0.786. The number of aryl methyl sites for hydroxylation is 2. The molecule has 0 saturated carbocycles. The third-order valence-corrected chi connectivity index (χ3v) is 4.74. The third-order valence-electron chi connectivity index (χ3n) is 4.74. The zero-order valence-corrected chi connectivity index (χ0v) is 16.9. The van der Waals surface area contributed by atoms with Gasteiger partial charge in [0.2, 0.25) is 0 Å². The predicted molar refractivity (Wildman–Crippen MR) is 106 cm³/mol. The van der Waals surface area contributed by atoms with Gasteiger partial charge in [-0.2, -0.15) is 0 Å². The quantitative estimate of drug-likeness (QED) is 0.714. The van der Waals surface area contributed by atoms with Gasteiger partial charge in [-0.25, -0.2) is 0 Å². The largest absolute Gasteiger partial charge is 0.507 e. The van der Waals surface area contributed by atoms with Crippen molar-refractivity contribution in [3.8, 4) is 11.5 Å². The molecule has 0 aliphatic rings. The zero-order chi connectivity index (χ0) is 19.2. The van der Waals surface area contributed by atoms with Crippen molar-refractivity contribution >= 4 is 0 Å². The lowest BCUT2D eigenvalue weighted by Gasteiger charge is -2.24. The van der Waals surface area contributed by atoms with Gasteiger partial charge in [-0.05, 0) is 64.5 Å². The molecule has 0 bridgehead atoms. The molecule has 0 radical (unpaired) electrons. The maximum absolute atomic E-state index is 10.4. The number of aromatic hydroxyl groups is 2. The number of phenols is 2. The molecule has 25 heavy (non-hydrogen) atoms. The van der Waals surface area contributed by atoms with Crippen molar-refractivity contribution in [2.24, 2.45) is 0 Å². The molecule has 2 aromatic carbocycles. The van der Waals surface area contributed by atoms with E-state index in [4.69, 9.17) is 0 Å². The Morgan fingerprint density at radius 2 is 0.960 bits per heavy atom. The van der Waals surface area contributed by atoms with E-state index < -0.39 is 0 Å². The highest BCUT2D eigenvalue weighted by molar-refractivity contribution is 5.50. The van der Waals surface area contributed by atoms with E-state index in [1.54, 1.807) is 0 Å². The number of hydrogen-bond acceptors (Lipinski definition) is 2. The Kier molecular flexibility index (Phi) is 4.96. The predicted octanol–water partition coefficient (Wildman–Crippen LogP) is 5.90. The zero-order valence-electron chi connectivity index (χ0n) is 16.9. The first-order valence-corrected chi connectivity index (χ1v) is 8.96. The summed E-state index contributed by atoms with van der Waals surface area (Å²) in [5.74, 6) is 0.794. The van der Waals surface area contributed by atoms with E-state index in [9.17, 15) is 10.2 Å². The second kappa shape index (κ2) is 6.40. The van der Waals surface area contributed by atoms with Gasteiger partial charge in [0.05, 0.1) is 0 Å². The van der Waals surface area contributed by atoms with Crippen LogP contribution in [0.4, 0.5) is 0 Å². The molecule has 0 fully saturated rings. The van der Waals surface area contributed by atoms with E-state index in [0.29, 0.717) is 11.5 Å². The third kappa shape index (κ3) is 4.18. The molecule has 0 saturated heterocycles. The molecule has 0 aromatic heterocycles. The second-order valence-corrected chi connectivity index (χ2v) is 9.29. The summed E-state index contributed by atoms with van der Waals surface area (Å²) in [6.45, 7) is 16.6. The summed E-state index contributed by atoms with van der Waals surface area (Å²) >= 11 is 0. The molecule has 0 heterocycles. The summed E-state index contributed by atoms with van der Waals surface area (Å²) in [6, 6.07) is 8.34. The van der Waals surface area contributed by atoms with Crippen LogP contribution < -0.4 is 0 Å². The normalized spacial score (nSPS) is 12.5. The van der Waals surface area contributed by atoms with Crippen LogP contribution in [0.2, 0.25) is 0 Å². The summed E-state index contributed by atoms with van der Waals surface area (Å²) < 4.78 is 0. The Labute approximate surface area is 152 Å². The molecule has 2 nitrogen and oxygen atoms in total. The minimum absolute atomic E-state index is 0.105. The topological polar surface area (TPSA) is 40.5 Å². The van der Waals surface area contributed by atoms with E-state index in [-0.39, 0.29) is 10.8 Å². The van der Waals surface area contributed by atoms with Crippen LogP contribution in [-0.2, 0) is 17.3 Å². The average molecular weight is 341 g/mol. The summed E-state index contributed by atoms with van der Waals surface area (Å²) in [4.78, 5) is 0. The van der Waals surface area contributed by atoms with Gasteiger partial charge in [-0.15, -0.1) is 0 Å². The van der Waals surface area contributed by atoms with Gasteiger partial charge in [0.25, 0.3) is 0 Å². The summed E-state index contributed by atoms with van der Waals surface area (Å²) in [5.41, 5.74) is 5.94. The molecule has 2 rings (SSSR count). The molecule has 0 aliphatic heterocycles. The monoisotopic (exact) mass is 340 g/mol. The Hall–Kier alpha value is -1.96. The standard InChI is InChI=1S/C23H32O2/c1-14-9-16(12-18(20(14)24)22(3,4)5)11-17-10-15(2)21(25)19(13-17)23(6,7)8/h9-10,12-13,24-25H,11H2,1-8H3. The lowest BCUT2D eigenvalue weighted by molar-refractivity contribution is 0.442. The molecule has 2 heteroatoms. The number of phenolic OH excluding ortho intramolecular Hbond substituents is 2. The van der Waals surface area contributed by atoms with Gasteiger partial charge in [0.15, 0.2) is 0 Å². The second-order valence-electron chi connectivity index (χ2n) is 9.29. The fourth-order valence-electron chi connectivity index (χ4n) is 3.29. The van der Waals surface area contributed by atoms with E-state index >= 15 is 0 Å². The van der Waals surface area contributed by atoms with Crippen molar-refractivity contribution in [3.05, 3.63) is 57.6 Å². The van der Waals surface area contributed by atoms with Crippen molar-refractivity contribution in [1.82, 2.24) is 0 Å². The fourth-order valence-corrected chi connectivity index (χ4v) is 3.29. The molecule has 0 amide bonds. The molecule has 0 atom stereocenters. The van der Waals surface area contributed by atoms with Gasteiger partial charge in [-0.1, -0.05) is 65.8 Å². The van der Waals surface area contributed by atoms with E-state index in [0.717, 1.165) is 28.7 Å². The van der Waals surface area contributed by atoms with Crippen LogP contribution in [0.15, 0.2) is 24.3 Å². The van der Waals surface area contributed by atoms with Gasteiger partial charge >= 0.3 is 0 Å². The van der Waals surface area contributed by atoms with Gasteiger partial charge in [0.1, 0.15) is 11.5 Å². The molecule has 136 valence electrons. The highest BCUT2D eigenvalue weighted by Gasteiger charge is 2.22. The maximum atomic E-state index is 10.4. The average Bonchev–Trinajstić information content (AvgIpc) is 2.43. The molecule has 0 unspecified atom stereocenters. The molecule has 0 aliphatic carbocycles. The number of benzene rings is 2. The molecule has 2 aromatic rings. The minimum Gasteiger partial charge on any atom is -0.507 e. The fraction of sp³-hybridized carbons (Fsp3) is 0.478. The van der Waals surface area contributed by atoms with Crippen LogP contribution >= 0.6 is 0 Å². The van der Waals surface area contributed by atoms with Crippen molar-refractivity contribution in [2.75, 3.05) is 0 Å². The first-order chi connectivity index (χ1) is 11.3. The Bertz CT molecular complexity index is 720. The van der Waals surface area contributed by atoms with Gasteiger partial charge in [0, 0.05) is 0 Å². The van der Waals surface area contributed by atoms with Crippen LogP contribution in [0.25, 0.3) is 0 Å². The Balaban J connectivity index is 2.51. The minimum atomic E-state index is -0.105. The molecule has 2 N–H and O–H groups in total. The van der Waals surface area contributed by atoms with E-state index in [1.165, 1.54) is 11.1 Å². The first-order valence-electron chi connectivity index (χ1n) is 8.96. The van der Waals surface area contributed by atoms with Crippen molar-refractivity contribution < 1.29 is 10.2 Å². The number of hydrogen-bond donors (Lipinski definition) is 2. The van der Waals surface area contributed by atoms with E-state index in [1.807, 2.05) is 13.8 Å². The van der Waals surface area contributed by atoms with Crippen molar-refractivity contribution in [3.63, 3.8) is 0 Å². The first kappa shape index (κ1) is 19.4. The van der Waals surface area contributed by atoms with Crippen LogP contribution in [0, 0.1) is 13.8 Å². The van der Waals surface area contributed by atoms with Crippen molar-refractivity contribution in [1.29, 1.82) is 0 Å². The van der Waals surface area contributed by atoms with Crippen molar-refractivity contribution in [2.45, 2.75) is 72.6 Å².